The lowest BCUT2D eigenvalue weighted by atomic mass is 10.1. The van der Waals surface area contributed by atoms with Crippen LogP contribution in [0.4, 0.5) is 0 Å². The van der Waals surface area contributed by atoms with Crippen LogP contribution in [-0.4, -0.2) is 29.3 Å². The highest BCUT2D eigenvalue weighted by molar-refractivity contribution is 6.00. The first kappa shape index (κ1) is 15.9. The Morgan fingerprint density at radius 3 is 2.89 bits per heavy atom. The number of nitrogens with zero attached hydrogens (tertiary/aromatic N) is 1. The number of hydrogen-bond acceptors (Lipinski definition) is 4. The van der Waals surface area contributed by atoms with E-state index in [0.717, 1.165) is 24.2 Å². The van der Waals surface area contributed by atoms with Crippen LogP contribution in [0.25, 0.3) is 11.3 Å². The van der Waals surface area contributed by atoms with Crippen molar-refractivity contribution in [3.63, 3.8) is 0 Å². The van der Waals surface area contributed by atoms with Gasteiger partial charge in [-0.25, -0.2) is 0 Å². The van der Waals surface area contributed by atoms with Gasteiger partial charge in [-0.1, -0.05) is 24.3 Å². The molecule has 1 aromatic heterocycles. The fourth-order valence-corrected chi connectivity index (χ4v) is 3.82. The monoisotopic (exact) mass is 361 g/mol. The molecule has 5 rings (SSSR count). The topological polar surface area (TPSA) is 76.2 Å². The standard InChI is InChI=1S/C21H19N3O3/c25-21(23-17-7-5-13-3-1-2-4-15(13)17)16-12-22-24-20(16)14-6-8-18-19(11-14)27-10-9-26-18/h1-4,6,8,11-12,17H,5,7,9-10H2,(H,22,24)(H,23,25). The third kappa shape index (κ3) is 2.83. The summed E-state index contributed by atoms with van der Waals surface area (Å²) < 4.78 is 11.2. The molecule has 6 heteroatoms. The van der Waals surface area contributed by atoms with E-state index < -0.39 is 0 Å². The zero-order chi connectivity index (χ0) is 18.2. The first-order valence-electron chi connectivity index (χ1n) is 9.11. The Morgan fingerprint density at radius 1 is 1.11 bits per heavy atom. The van der Waals surface area contributed by atoms with Crippen LogP contribution in [-0.2, 0) is 6.42 Å². The number of H-pyrrole nitrogens is 1. The van der Waals surface area contributed by atoms with E-state index in [4.69, 9.17) is 9.47 Å². The van der Waals surface area contributed by atoms with E-state index >= 15 is 0 Å². The van der Waals surface area contributed by atoms with E-state index in [9.17, 15) is 4.79 Å². The Hall–Kier alpha value is -3.28. The number of benzene rings is 2. The molecule has 0 saturated heterocycles. The largest absolute Gasteiger partial charge is 0.486 e. The summed E-state index contributed by atoms with van der Waals surface area (Å²) in [4.78, 5) is 12.9. The molecule has 2 N–H and O–H groups in total. The summed E-state index contributed by atoms with van der Waals surface area (Å²) >= 11 is 0. The van der Waals surface area contributed by atoms with Gasteiger partial charge in [0, 0.05) is 5.56 Å². The Bertz CT molecular complexity index is 1010. The first-order valence-corrected chi connectivity index (χ1v) is 9.11. The van der Waals surface area contributed by atoms with Crippen LogP contribution < -0.4 is 14.8 Å². The minimum atomic E-state index is -0.129. The van der Waals surface area contributed by atoms with Crippen LogP contribution in [0.15, 0.2) is 48.7 Å². The van der Waals surface area contributed by atoms with Crippen molar-refractivity contribution in [2.24, 2.45) is 0 Å². The maximum Gasteiger partial charge on any atom is 0.255 e. The molecule has 1 atom stereocenters. The quantitative estimate of drug-likeness (QED) is 0.751. The number of aromatic nitrogens is 2. The van der Waals surface area contributed by atoms with Gasteiger partial charge in [-0.2, -0.15) is 5.10 Å². The number of nitrogens with one attached hydrogen (secondary N) is 2. The molecule has 136 valence electrons. The molecule has 2 aliphatic rings. The summed E-state index contributed by atoms with van der Waals surface area (Å²) in [5.74, 6) is 1.28. The highest BCUT2D eigenvalue weighted by atomic mass is 16.6. The van der Waals surface area contributed by atoms with Gasteiger partial charge in [-0.15, -0.1) is 0 Å². The van der Waals surface area contributed by atoms with E-state index in [1.165, 1.54) is 11.1 Å². The number of carbonyl (C=O) groups excluding carboxylic acids is 1. The normalized spacial score (nSPS) is 17.4. The van der Waals surface area contributed by atoms with Gasteiger partial charge >= 0.3 is 0 Å². The van der Waals surface area contributed by atoms with Crippen LogP contribution in [0.1, 0.15) is 33.9 Å². The Morgan fingerprint density at radius 2 is 1.96 bits per heavy atom. The van der Waals surface area contributed by atoms with E-state index in [-0.39, 0.29) is 11.9 Å². The Balaban J connectivity index is 1.41. The summed E-state index contributed by atoms with van der Waals surface area (Å²) in [5.41, 5.74) is 4.55. The molecule has 1 aliphatic heterocycles. The number of hydrogen-bond donors (Lipinski definition) is 2. The van der Waals surface area contributed by atoms with E-state index in [2.05, 4.69) is 27.6 Å². The molecule has 1 unspecified atom stereocenters. The van der Waals surface area contributed by atoms with Crippen molar-refractivity contribution in [2.45, 2.75) is 18.9 Å². The van der Waals surface area contributed by atoms with Crippen LogP contribution in [0, 0.1) is 0 Å². The van der Waals surface area contributed by atoms with Gasteiger partial charge in [0.2, 0.25) is 0 Å². The minimum Gasteiger partial charge on any atom is -0.486 e. The zero-order valence-electron chi connectivity index (χ0n) is 14.7. The van der Waals surface area contributed by atoms with Gasteiger partial charge in [-0.05, 0) is 42.2 Å². The van der Waals surface area contributed by atoms with Crippen molar-refractivity contribution in [3.8, 4) is 22.8 Å². The van der Waals surface area contributed by atoms with Crippen molar-refractivity contribution in [2.75, 3.05) is 13.2 Å². The van der Waals surface area contributed by atoms with E-state index in [1.807, 2.05) is 30.3 Å². The SMILES string of the molecule is O=C(NC1CCc2ccccc21)c1cn[nH]c1-c1ccc2c(c1)OCCO2. The van der Waals surface area contributed by atoms with Gasteiger partial charge < -0.3 is 14.8 Å². The van der Waals surface area contributed by atoms with Crippen LogP contribution >= 0.6 is 0 Å². The highest BCUT2D eigenvalue weighted by Gasteiger charge is 2.26. The average molecular weight is 361 g/mol. The number of aryl methyl sites for hydroxylation is 1. The predicted octanol–water partition coefficient (Wildman–Crippen LogP) is 3.27. The number of rotatable bonds is 3. The lowest BCUT2D eigenvalue weighted by molar-refractivity contribution is 0.0937. The summed E-state index contributed by atoms with van der Waals surface area (Å²) in [6.07, 6.45) is 3.48. The van der Waals surface area contributed by atoms with Gasteiger partial charge in [0.25, 0.3) is 5.91 Å². The van der Waals surface area contributed by atoms with Crippen molar-refractivity contribution < 1.29 is 14.3 Å². The highest BCUT2D eigenvalue weighted by Crippen LogP contribution is 2.35. The number of fused-ring (bicyclic) bond motifs is 2. The van der Waals surface area contributed by atoms with Gasteiger partial charge in [0.05, 0.1) is 23.5 Å². The number of aromatic amines is 1. The first-order chi connectivity index (χ1) is 13.3. The second-order valence-electron chi connectivity index (χ2n) is 6.78. The maximum atomic E-state index is 12.9. The summed E-state index contributed by atoms with van der Waals surface area (Å²) in [5, 5.41) is 10.2. The minimum absolute atomic E-state index is 0.0386. The predicted molar refractivity (Wildman–Crippen MR) is 100.0 cm³/mol. The lowest BCUT2D eigenvalue weighted by Crippen LogP contribution is -2.27. The smallest absolute Gasteiger partial charge is 0.255 e. The molecule has 0 radical (unpaired) electrons. The molecular weight excluding hydrogens is 342 g/mol. The van der Waals surface area contributed by atoms with Crippen LogP contribution in [0.3, 0.4) is 0 Å². The molecule has 0 saturated carbocycles. The van der Waals surface area contributed by atoms with Gasteiger partial charge in [0.15, 0.2) is 11.5 Å². The lowest BCUT2D eigenvalue weighted by Gasteiger charge is -2.19. The maximum absolute atomic E-state index is 12.9. The number of carbonyl (C=O) groups is 1. The van der Waals surface area contributed by atoms with Crippen LogP contribution in [0.5, 0.6) is 11.5 Å². The van der Waals surface area contributed by atoms with Gasteiger partial charge in [-0.3, -0.25) is 9.89 Å². The average Bonchev–Trinajstić information content (AvgIpc) is 3.35. The molecule has 0 bridgehead atoms. The number of amides is 1. The van der Waals surface area contributed by atoms with E-state index in [1.54, 1.807) is 6.20 Å². The van der Waals surface area contributed by atoms with E-state index in [0.29, 0.717) is 30.2 Å². The second kappa shape index (κ2) is 6.46. The fraction of sp³-hybridized carbons (Fsp3) is 0.238. The molecule has 0 spiro atoms. The Kier molecular flexibility index (Phi) is 3.81. The molecule has 27 heavy (non-hydrogen) atoms. The van der Waals surface area contributed by atoms with Crippen molar-refractivity contribution >= 4 is 5.91 Å². The summed E-state index contributed by atoms with van der Waals surface area (Å²) in [7, 11) is 0. The van der Waals surface area contributed by atoms with Crippen molar-refractivity contribution in [1.29, 1.82) is 0 Å². The third-order valence-corrected chi connectivity index (χ3v) is 5.15. The molecule has 1 amide bonds. The number of ether oxygens (including phenoxy) is 2. The summed E-state index contributed by atoms with van der Waals surface area (Å²) in [6, 6.07) is 14.0. The van der Waals surface area contributed by atoms with Crippen molar-refractivity contribution in [1.82, 2.24) is 15.5 Å². The molecular formula is C21H19N3O3. The molecule has 1 aliphatic carbocycles. The molecule has 2 heterocycles. The molecule has 3 aromatic rings. The molecule has 0 fully saturated rings. The Labute approximate surface area is 156 Å². The second-order valence-corrected chi connectivity index (χ2v) is 6.78. The molecule has 6 nitrogen and oxygen atoms in total. The van der Waals surface area contributed by atoms with Crippen molar-refractivity contribution in [3.05, 3.63) is 65.4 Å². The van der Waals surface area contributed by atoms with Crippen LogP contribution in [0.2, 0.25) is 0 Å². The zero-order valence-corrected chi connectivity index (χ0v) is 14.7. The summed E-state index contributed by atoms with van der Waals surface area (Å²) in [6.45, 7) is 1.07. The fourth-order valence-electron chi connectivity index (χ4n) is 3.82. The molecule has 2 aromatic carbocycles. The van der Waals surface area contributed by atoms with Gasteiger partial charge in [0.1, 0.15) is 13.2 Å². The third-order valence-electron chi connectivity index (χ3n) is 5.15.